The van der Waals surface area contributed by atoms with E-state index in [0.717, 1.165) is 18.5 Å². The zero-order valence-corrected chi connectivity index (χ0v) is 11.2. The summed E-state index contributed by atoms with van der Waals surface area (Å²) >= 11 is 6.02. The molecule has 0 aliphatic heterocycles. The van der Waals surface area contributed by atoms with E-state index in [1.807, 2.05) is 0 Å². The van der Waals surface area contributed by atoms with Crippen LogP contribution in [0, 0.1) is 16.7 Å². The van der Waals surface area contributed by atoms with Crippen molar-refractivity contribution >= 4 is 17.3 Å². The van der Waals surface area contributed by atoms with Gasteiger partial charge in [-0.3, -0.25) is 0 Å². The molecule has 0 heterocycles. The van der Waals surface area contributed by atoms with E-state index in [1.165, 1.54) is 0 Å². The maximum absolute atomic E-state index is 9.04. The van der Waals surface area contributed by atoms with Gasteiger partial charge in [0.1, 0.15) is 11.5 Å². The van der Waals surface area contributed by atoms with Crippen LogP contribution in [0.4, 0.5) is 5.69 Å². The molecule has 0 unspecified atom stereocenters. The average Bonchev–Trinajstić information content (AvgIpc) is 3.17. The molecule has 0 radical (unpaired) electrons. The Morgan fingerprint density at radius 1 is 1.33 bits per heavy atom. The number of hydrogen-bond acceptors (Lipinski definition) is 4. The Labute approximate surface area is 111 Å². The van der Waals surface area contributed by atoms with Gasteiger partial charge in [-0.15, -0.1) is 0 Å². The molecule has 0 spiro atoms. The van der Waals surface area contributed by atoms with Crippen LogP contribution in [-0.4, -0.2) is 20.8 Å². The Hall–Kier alpha value is -1.60. The molecule has 0 amide bonds. The van der Waals surface area contributed by atoms with Crippen LogP contribution in [0.2, 0.25) is 5.02 Å². The molecule has 1 aliphatic rings. The van der Waals surface area contributed by atoms with Crippen LogP contribution in [0.3, 0.4) is 0 Å². The van der Waals surface area contributed by atoms with Crippen LogP contribution in [0.25, 0.3) is 0 Å². The van der Waals surface area contributed by atoms with E-state index in [2.05, 4.69) is 11.4 Å². The number of halogens is 1. The number of nitrogens with one attached hydrogen (secondary N) is 1. The topological polar surface area (TPSA) is 54.3 Å². The first-order valence-electron chi connectivity index (χ1n) is 5.71. The van der Waals surface area contributed by atoms with Gasteiger partial charge in [0.25, 0.3) is 0 Å². The molecule has 96 valence electrons. The second-order valence-corrected chi connectivity index (χ2v) is 4.84. The number of anilines is 1. The fraction of sp³-hybridized carbons (Fsp3) is 0.462. The van der Waals surface area contributed by atoms with Crippen molar-refractivity contribution in [3.63, 3.8) is 0 Å². The van der Waals surface area contributed by atoms with Crippen LogP contribution < -0.4 is 14.8 Å². The number of ether oxygens (including phenoxy) is 2. The molecule has 0 aromatic heterocycles. The van der Waals surface area contributed by atoms with Crippen molar-refractivity contribution in [1.82, 2.24) is 0 Å². The number of nitriles is 1. The highest BCUT2D eigenvalue weighted by atomic mass is 35.5. The lowest BCUT2D eigenvalue weighted by atomic mass is 10.1. The summed E-state index contributed by atoms with van der Waals surface area (Å²) in [5.41, 5.74) is 0.581. The van der Waals surface area contributed by atoms with Gasteiger partial charge in [0.05, 0.1) is 36.4 Å². The minimum atomic E-state index is -0.210. The van der Waals surface area contributed by atoms with Crippen LogP contribution in [0.1, 0.15) is 12.8 Å². The normalized spacial score (nSPS) is 15.7. The molecule has 1 aliphatic carbocycles. The predicted octanol–water partition coefficient (Wildman–Crippen LogP) is 3.07. The molecule has 4 nitrogen and oxygen atoms in total. The Morgan fingerprint density at radius 2 is 2.00 bits per heavy atom. The quantitative estimate of drug-likeness (QED) is 0.890. The van der Waals surface area contributed by atoms with Gasteiger partial charge in [0.2, 0.25) is 0 Å². The highest BCUT2D eigenvalue weighted by Gasteiger charge is 2.43. The predicted molar refractivity (Wildman–Crippen MR) is 70.3 cm³/mol. The molecule has 1 aromatic rings. The van der Waals surface area contributed by atoms with Gasteiger partial charge >= 0.3 is 0 Å². The largest absolute Gasteiger partial charge is 0.495 e. The highest BCUT2D eigenvalue weighted by molar-refractivity contribution is 6.32. The van der Waals surface area contributed by atoms with Crippen molar-refractivity contribution in [2.24, 2.45) is 5.41 Å². The van der Waals surface area contributed by atoms with E-state index in [4.69, 9.17) is 26.3 Å². The Kier molecular flexibility index (Phi) is 3.53. The van der Waals surface area contributed by atoms with Crippen LogP contribution in [0.15, 0.2) is 12.1 Å². The van der Waals surface area contributed by atoms with Crippen LogP contribution in [-0.2, 0) is 0 Å². The van der Waals surface area contributed by atoms with E-state index in [0.29, 0.717) is 23.1 Å². The first-order chi connectivity index (χ1) is 8.64. The maximum atomic E-state index is 9.04. The van der Waals surface area contributed by atoms with Gasteiger partial charge in [-0.05, 0) is 12.8 Å². The molecule has 1 fully saturated rings. The summed E-state index contributed by atoms with van der Waals surface area (Å²) in [7, 11) is 3.15. The van der Waals surface area contributed by atoms with Gasteiger partial charge < -0.3 is 14.8 Å². The lowest BCUT2D eigenvalue weighted by Crippen LogP contribution is -2.14. The fourth-order valence-corrected chi connectivity index (χ4v) is 1.97. The maximum Gasteiger partial charge on any atom is 0.143 e. The summed E-state index contributed by atoms with van der Waals surface area (Å²) in [6.45, 7) is 0.616. The molecule has 1 saturated carbocycles. The smallest absolute Gasteiger partial charge is 0.143 e. The molecular formula is C13H15ClN2O2. The van der Waals surface area contributed by atoms with Gasteiger partial charge in [-0.1, -0.05) is 11.6 Å². The van der Waals surface area contributed by atoms with Crippen molar-refractivity contribution < 1.29 is 9.47 Å². The molecule has 1 N–H and O–H groups in total. The van der Waals surface area contributed by atoms with Gasteiger partial charge in [0.15, 0.2) is 0 Å². The molecule has 1 aromatic carbocycles. The minimum absolute atomic E-state index is 0.210. The third-order valence-corrected chi connectivity index (χ3v) is 3.48. The Morgan fingerprint density at radius 3 is 2.50 bits per heavy atom. The summed E-state index contributed by atoms with van der Waals surface area (Å²) in [6, 6.07) is 5.83. The van der Waals surface area contributed by atoms with Gasteiger partial charge in [0, 0.05) is 18.7 Å². The summed E-state index contributed by atoms with van der Waals surface area (Å²) in [4.78, 5) is 0. The van der Waals surface area contributed by atoms with Crippen molar-refractivity contribution in [1.29, 1.82) is 5.26 Å². The van der Waals surface area contributed by atoms with E-state index in [1.54, 1.807) is 26.4 Å². The van der Waals surface area contributed by atoms with Crippen molar-refractivity contribution in [3.05, 3.63) is 17.2 Å². The molecule has 0 saturated heterocycles. The zero-order chi connectivity index (χ0) is 13.2. The first kappa shape index (κ1) is 12.8. The van der Waals surface area contributed by atoms with Crippen molar-refractivity contribution in [2.75, 3.05) is 26.1 Å². The summed E-state index contributed by atoms with van der Waals surface area (Å²) in [5, 5.41) is 12.8. The molecule has 0 atom stereocenters. The second kappa shape index (κ2) is 4.95. The molecular weight excluding hydrogens is 252 g/mol. The SMILES string of the molecule is COc1cc(NCC2(C#N)CC2)c(OC)cc1Cl. The monoisotopic (exact) mass is 266 g/mol. The standard InChI is InChI=1S/C13H15ClN2O2/c1-17-11-6-10(12(18-2)5-9(11)14)16-8-13(7-15)3-4-13/h5-6,16H,3-4,8H2,1-2H3. The molecule has 0 bridgehead atoms. The lowest BCUT2D eigenvalue weighted by molar-refractivity contribution is 0.404. The summed E-state index contributed by atoms with van der Waals surface area (Å²) in [5.74, 6) is 1.23. The average molecular weight is 267 g/mol. The van der Waals surface area contributed by atoms with Crippen LogP contribution >= 0.6 is 11.6 Å². The lowest BCUT2D eigenvalue weighted by Gasteiger charge is -2.15. The third kappa shape index (κ3) is 2.46. The van der Waals surface area contributed by atoms with Crippen molar-refractivity contribution in [3.8, 4) is 17.6 Å². The highest BCUT2D eigenvalue weighted by Crippen LogP contribution is 2.45. The zero-order valence-electron chi connectivity index (χ0n) is 10.4. The first-order valence-corrected chi connectivity index (χ1v) is 6.08. The van der Waals surface area contributed by atoms with E-state index >= 15 is 0 Å². The molecule has 5 heteroatoms. The van der Waals surface area contributed by atoms with Crippen LogP contribution in [0.5, 0.6) is 11.5 Å². The Balaban J connectivity index is 2.18. The van der Waals surface area contributed by atoms with E-state index in [9.17, 15) is 0 Å². The van der Waals surface area contributed by atoms with Gasteiger partial charge in [-0.2, -0.15) is 5.26 Å². The van der Waals surface area contributed by atoms with Crippen molar-refractivity contribution in [2.45, 2.75) is 12.8 Å². The molecule has 2 rings (SSSR count). The number of hydrogen-bond donors (Lipinski definition) is 1. The summed E-state index contributed by atoms with van der Waals surface area (Å²) in [6.07, 6.45) is 1.90. The molecule has 18 heavy (non-hydrogen) atoms. The van der Waals surface area contributed by atoms with E-state index < -0.39 is 0 Å². The fourth-order valence-electron chi connectivity index (χ4n) is 1.74. The number of nitrogens with zero attached hydrogens (tertiary/aromatic N) is 1. The summed E-state index contributed by atoms with van der Waals surface area (Å²) < 4.78 is 10.4. The minimum Gasteiger partial charge on any atom is -0.495 e. The number of rotatable bonds is 5. The number of benzene rings is 1. The Bertz CT molecular complexity index is 492. The third-order valence-electron chi connectivity index (χ3n) is 3.18. The van der Waals surface area contributed by atoms with E-state index in [-0.39, 0.29) is 5.41 Å². The second-order valence-electron chi connectivity index (χ2n) is 4.43. The number of methoxy groups -OCH3 is 2. The van der Waals surface area contributed by atoms with Gasteiger partial charge in [-0.25, -0.2) is 0 Å².